The summed E-state index contributed by atoms with van der Waals surface area (Å²) < 4.78 is 37.2. The van der Waals surface area contributed by atoms with E-state index in [1.165, 1.54) is 19.1 Å². The summed E-state index contributed by atoms with van der Waals surface area (Å²) in [5.74, 6) is 1.53. The van der Waals surface area contributed by atoms with Gasteiger partial charge in [-0.1, -0.05) is 50.8 Å². The van der Waals surface area contributed by atoms with Crippen molar-refractivity contribution in [2.24, 2.45) is 0 Å². The van der Waals surface area contributed by atoms with Gasteiger partial charge in [-0.05, 0) is 31.9 Å². The summed E-state index contributed by atoms with van der Waals surface area (Å²) in [5.41, 5.74) is -4.05. The standard InChI is InChI=1S/C27H36N3O10P/c1-5-11-19(12-6-2)38-24(33)18(4)29-41(36,40-20-13-9-8-10-14-20)37-17-21-23(32)27(35,7-3)25(39-21)30-16-15-22(31)28-26(30)34/h3,8-10,13-16,18-19,21,23,25,32,35H,5-6,11-12,17H2,1-2,4H3,(H,29,36)(H,28,31,34)/t18-,21?,23-,25-,27-,41?/m1/s1. The Balaban J connectivity index is 1.81. The maximum atomic E-state index is 13.9. The number of rotatable bonds is 14. The molecule has 224 valence electrons. The summed E-state index contributed by atoms with van der Waals surface area (Å²) in [4.78, 5) is 38.6. The lowest BCUT2D eigenvalue weighted by Crippen LogP contribution is -2.48. The summed E-state index contributed by atoms with van der Waals surface area (Å²) in [6.07, 6.45) is 4.38. The minimum atomic E-state index is -4.35. The number of carbonyl (C=O) groups excluding carboxylic acids is 1. The summed E-state index contributed by atoms with van der Waals surface area (Å²) in [5, 5.41) is 24.4. The lowest BCUT2D eigenvalue weighted by Gasteiger charge is -2.26. The van der Waals surface area contributed by atoms with Crippen molar-refractivity contribution in [1.82, 2.24) is 14.6 Å². The average molecular weight is 594 g/mol. The van der Waals surface area contributed by atoms with Crippen LogP contribution in [0.25, 0.3) is 0 Å². The molecule has 1 aromatic carbocycles. The van der Waals surface area contributed by atoms with Gasteiger partial charge in [-0.15, -0.1) is 6.42 Å². The molecule has 0 radical (unpaired) electrons. The predicted octanol–water partition coefficient (Wildman–Crippen LogP) is 1.85. The molecule has 1 saturated heterocycles. The summed E-state index contributed by atoms with van der Waals surface area (Å²) >= 11 is 0. The number of aliphatic hydroxyl groups excluding tert-OH is 1. The third-order valence-corrected chi connectivity index (χ3v) is 8.05. The topological polar surface area (TPSA) is 178 Å². The van der Waals surface area contributed by atoms with Crippen LogP contribution in [0.5, 0.6) is 5.75 Å². The number of esters is 1. The second kappa shape index (κ2) is 14.1. The van der Waals surface area contributed by atoms with Crippen molar-refractivity contribution in [2.75, 3.05) is 6.61 Å². The van der Waals surface area contributed by atoms with Crippen LogP contribution in [0.1, 0.15) is 52.7 Å². The van der Waals surface area contributed by atoms with Gasteiger partial charge in [0.1, 0.15) is 30.1 Å². The van der Waals surface area contributed by atoms with Crippen LogP contribution in [-0.2, 0) is 23.4 Å². The molecule has 0 spiro atoms. The number of hydrogen-bond donors (Lipinski definition) is 4. The first-order chi connectivity index (χ1) is 19.5. The normalized spacial score (nSPS) is 24.4. The minimum absolute atomic E-state index is 0.157. The number of aromatic nitrogens is 2. The van der Waals surface area contributed by atoms with E-state index in [0.717, 1.165) is 29.7 Å². The molecule has 6 atom stereocenters. The Morgan fingerprint density at radius 1 is 1.24 bits per heavy atom. The van der Waals surface area contributed by atoms with E-state index in [9.17, 15) is 29.2 Å². The Kier molecular flexibility index (Phi) is 11.1. The molecule has 0 amide bonds. The number of nitrogens with one attached hydrogen (secondary N) is 2. The van der Waals surface area contributed by atoms with Crippen LogP contribution in [0, 0.1) is 12.3 Å². The first kappa shape index (κ1) is 32.3. The lowest BCUT2D eigenvalue weighted by atomic mass is 9.95. The number of nitrogens with zero attached hydrogens (tertiary/aromatic N) is 1. The second-order valence-corrected chi connectivity index (χ2v) is 11.3. The van der Waals surface area contributed by atoms with Crippen LogP contribution in [0.4, 0.5) is 0 Å². The molecule has 3 rings (SSSR count). The van der Waals surface area contributed by atoms with Crippen molar-refractivity contribution in [2.45, 2.75) is 82.6 Å². The van der Waals surface area contributed by atoms with E-state index >= 15 is 0 Å². The number of benzene rings is 1. The molecule has 2 unspecified atom stereocenters. The molecular weight excluding hydrogens is 557 g/mol. The van der Waals surface area contributed by atoms with E-state index in [0.29, 0.717) is 12.8 Å². The molecule has 0 bridgehead atoms. The first-order valence-electron chi connectivity index (χ1n) is 13.3. The third-order valence-electron chi connectivity index (χ3n) is 6.41. The fraction of sp³-hybridized carbons (Fsp3) is 0.519. The van der Waals surface area contributed by atoms with Crippen molar-refractivity contribution in [3.63, 3.8) is 0 Å². The number of para-hydroxylation sites is 1. The zero-order chi connectivity index (χ0) is 30.2. The van der Waals surface area contributed by atoms with Gasteiger partial charge in [0.2, 0.25) is 0 Å². The molecule has 2 heterocycles. The van der Waals surface area contributed by atoms with E-state index in [-0.39, 0.29) is 11.9 Å². The van der Waals surface area contributed by atoms with Gasteiger partial charge in [0.15, 0.2) is 11.8 Å². The summed E-state index contributed by atoms with van der Waals surface area (Å²) in [6, 6.07) is 7.93. The smallest absolute Gasteiger partial charge is 0.459 e. The molecule has 13 nitrogen and oxygen atoms in total. The number of ether oxygens (including phenoxy) is 2. The Bertz CT molecular complexity index is 1370. The van der Waals surface area contributed by atoms with Crippen LogP contribution in [-0.4, -0.2) is 62.3 Å². The highest BCUT2D eigenvalue weighted by atomic mass is 31.2. The number of H-pyrrole nitrogens is 1. The van der Waals surface area contributed by atoms with Gasteiger partial charge in [-0.25, -0.2) is 9.36 Å². The highest BCUT2D eigenvalue weighted by molar-refractivity contribution is 7.52. The molecule has 41 heavy (non-hydrogen) atoms. The van der Waals surface area contributed by atoms with E-state index in [4.69, 9.17) is 24.9 Å². The number of hydrogen-bond acceptors (Lipinski definition) is 10. The molecule has 1 aliphatic heterocycles. The molecule has 1 aliphatic rings. The van der Waals surface area contributed by atoms with Crippen molar-refractivity contribution < 1.29 is 38.1 Å². The largest absolute Gasteiger partial charge is 0.461 e. The molecule has 0 aliphatic carbocycles. The predicted molar refractivity (Wildman–Crippen MR) is 148 cm³/mol. The lowest BCUT2D eigenvalue weighted by molar-refractivity contribution is -0.151. The highest BCUT2D eigenvalue weighted by Gasteiger charge is 2.56. The third kappa shape index (κ3) is 7.95. The van der Waals surface area contributed by atoms with Crippen LogP contribution in [0.2, 0.25) is 0 Å². The summed E-state index contributed by atoms with van der Waals surface area (Å²) in [7, 11) is -4.35. The average Bonchev–Trinajstić information content (AvgIpc) is 3.18. The highest BCUT2D eigenvalue weighted by Crippen LogP contribution is 2.47. The Morgan fingerprint density at radius 2 is 1.90 bits per heavy atom. The maximum Gasteiger partial charge on any atom is 0.459 e. The van der Waals surface area contributed by atoms with Gasteiger partial charge in [0.25, 0.3) is 5.56 Å². The van der Waals surface area contributed by atoms with E-state index in [2.05, 4.69) is 5.09 Å². The van der Waals surface area contributed by atoms with E-state index in [1.54, 1.807) is 18.2 Å². The fourth-order valence-electron chi connectivity index (χ4n) is 4.29. The van der Waals surface area contributed by atoms with Crippen LogP contribution in [0.15, 0.2) is 52.2 Å². The molecule has 2 aromatic rings. The number of terminal acetylenes is 1. The zero-order valence-electron chi connectivity index (χ0n) is 23.1. The van der Waals surface area contributed by atoms with Gasteiger partial charge in [-0.3, -0.25) is 23.7 Å². The van der Waals surface area contributed by atoms with Crippen molar-refractivity contribution in [1.29, 1.82) is 0 Å². The Morgan fingerprint density at radius 3 is 2.49 bits per heavy atom. The van der Waals surface area contributed by atoms with Gasteiger partial charge >= 0.3 is 19.4 Å². The second-order valence-electron chi connectivity index (χ2n) is 9.64. The van der Waals surface area contributed by atoms with Crippen LogP contribution in [0.3, 0.4) is 0 Å². The Hall–Kier alpha value is -3.24. The number of carbonyl (C=O) groups is 1. The molecule has 1 aromatic heterocycles. The van der Waals surface area contributed by atoms with Gasteiger partial charge < -0.3 is 24.2 Å². The van der Waals surface area contributed by atoms with Gasteiger partial charge in [-0.2, -0.15) is 5.09 Å². The van der Waals surface area contributed by atoms with E-state index < -0.39 is 61.7 Å². The van der Waals surface area contributed by atoms with E-state index in [1.807, 2.05) is 24.8 Å². The SMILES string of the molecule is C#C[C@@]1(O)[C@H](O)C(COP(=O)(N[C@H](C)C(=O)OC(CCC)CCC)Oc2ccccc2)O[C@H]1n1ccc(=O)[nH]c1=O. The Labute approximate surface area is 237 Å². The minimum Gasteiger partial charge on any atom is -0.461 e. The van der Waals surface area contributed by atoms with Crippen LogP contribution < -0.4 is 20.9 Å². The number of aromatic amines is 1. The molecule has 0 saturated carbocycles. The van der Waals surface area contributed by atoms with Crippen LogP contribution >= 0.6 is 7.75 Å². The van der Waals surface area contributed by atoms with Gasteiger partial charge in [0, 0.05) is 12.3 Å². The maximum absolute atomic E-state index is 13.9. The molecular formula is C27H36N3O10P. The molecule has 1 fully saturated rings. The summed E-state index contributed by atoms with van der Waals surface area (Å²) in [6.45, 7) is 4.75. The number of aliphatic hydroxyl groups is 2. The van der Waals surface area contributed by atoms with Gasteiger partial charge in [0.05, 0.1) is 6.61 Å². The van der Waals surface area contributed by atoms with Crippen molar-refractivity contribution in [3.8, 4) is 18.1 Å². The first-order valence-corrected chi connectivity index (χ1v) is 14.8. The monoisotopic (exact) mass is 593 g/mol. The van der Waals surface area contributed by atoms with Crippen molar-refractivity contribution in [3.05, 3.63) is 63.4 Å². The molecule has 14 heteroatoms. The fourth-order valence-corrected chi connectivity index (χ4v) is 5.80. The van der Waals surface area contributed by atoms with Crippen molar-refractivity contribution >= 4 is 13.7 Å². The zero-order valence-corrected chi connectivity index (χ0v) is 24.0. The quantitative estimate of drug-likeness (QED) is 0.143. The molecule has 4 N–H and O–H groups in total.